The van der Waals surface area contributed by atoms with E-state index in [0.29, 0.717) is 38.8 Å². The Morgan fingerprint density at radius 1 is 1.19 bits per heavy atom. The third-order valence-corrected chi connectivity index (χ3v) is 5.75. The van der Waals surface area contributed by atoms with Gasteiger partial charge < -0.3 is 4.74 Å². The smallest absolute Gasteiger partial charge is 0.271 e. The van der Waals surface area contributed by atoms with E-state index in [1.807, 2.05) is 34.9 Å². The number of methoxy groups -OCH3 is 1. The number of para-hydroxylation sites is 2. The lowest BCUT2D eigenvalue weighted by Gasteiger charge is -2.12. The van der Waals surface area contributed by atoms with Gasteiger partial charge in [0.05, 0.1) is 46.1 Å². The number of hydrogen-bond acceptors (Lipinski definition) is 7. The molecular weight excluding hydrogens is 428 g/mol. The molecule has 4 rings (SSSR count). The summed E-state index contributed by atoms with van der Waals surface area (Å²) in [6, 6.07) is 20.3. The second-order valence-corrected chi connectivity index (χ2v) is 7.68. The number of ketones is 1. The minimum atomic E-state index is -0.469. The van der Waals surface area contributed by atoms with Crippen LogP contribution < -0.4 is 4.74 Å². The summed E-state index contributed by atoms with van der Waals surface area (Å²) in [6.45, 7) is 0. The Hall–Kier alpha value is -4.16. The highest BCUT2D eigenvalue weighted by molar-refractivity contribution is 7.99. The van der Waals surface area contributed by atoms with Crippen molar-refractivity contribution in [3.05, 3.63) is 88.0 Å². The van der Waals surface area contributed by atoms with Crippen molar-refractivity contribution in [2.75, 3.05) is 12.9 Å². The molecule has 4 aromatic rings. The van der Waals surface area contributed by atoms with Crippen molar-refractivity contribution in [2.45, 2.75) is 5.16 Å². The Labute approximate surface area is 187 Å². The molecule has 0 aliphatic carbocycles. The van der Waals surface area contributed by atoms with Crippen LogP contribution >= 0.6 is 11.8 Å². The number of nitro benzene ring substituents is 1. The Bertz CT molecular complexity index is 1370. The van der Waals surface area contributed by atoms with Crippen LogP contribution in [-0.2, 0) is 0 Å². The number of nitrogens with zero attached hydrogens (tertiary/aromatic N) is 4. The lowest BCUT2D eigenvalue weighted by molar-refractivity contribution is -0.384. The number of carbonyl (C=O) groups is 1. The molecule has 0 amide bonds. The average Bonchev–Trinajstić information content (AvgIpc) is 3.19. The van der Waals surface area contributed by atoms with Crippen LogP contribution in [0.5, 0.6) is 5.75 Å². The molecule has 0 fully saturated rings. The lowest BCUT2D eigenvalue weighted by atomic mass is 10.1. The van der Waals surface area contributed by atoms with Crippen molar-refractivity contribution >= 4 is 34.3 Å². The van der Waals surface area contributed by atoms with Crippen LogP contribution in [0.2, 0.25) is 0 Å². The van der Waals surface area contributed by atoms with Crippen LogP contribution in [0.1, 0.15) is 15.9 Å². The summed E-state index contributed by atoms with van der Waals surface area (Å²) in [6.07, 6.45) is 0. The topological polar surface area (TPSA) is 111 Å². The van der Waals surface area contributed by atoms with E-state index in [0.717, 1.165) is 0 Å². The van der Waals surface area contributed by atoms with E-state index in [9.17, 15) is 14.9 Å². The minimum Gasteiger partial charge on any atom is -0.495 e. The van der Waals surface area contributed by atoms with E-state index in [1.165, 1.54) is 23.9 Å². The van der Waals surface area contributed by atoms with E-state index in [1.54, 1.807) is 37.4 Å². The van der Waals surface area contributed by atoms with Crippen LogP contribution in [-0.4, -0.2) is 33.1 Å². The number of ether oxygens (including phenoxy) is 1. The molecule has 0 saturated heterocycles. The largest absolute Gasteiger partial charge is 0.495 e. The molecule has 0 N–H and O–H groups in total. The number of fused-ring (bicyclic) bond motifs is 1. The summed E-state index contributed by atoms with van der Waals surface area (Å²) < 4.78 is 7.32. The van der Waals surface area contributed by atoms with Crippen LogP contribution in [0.25, 0.3) is 16.7 Å². The van der Waals surface area contributed by atoms with E-state index in [4.69, 9.17) is 10.00 Å². The fourth-order valence-corrected chi connectivity index (χ4v) is 4.16. The zero-order valence-electron chi connectivity index (χ0n) is 16.9. The van der Waals surface area contributed by atoms with E-state index >= 15 is 0 Å². The van der Waals surface area contributed by atoms with Gasteiger partial charge in [0.25, 0.3) is 5.69 Å². The van der Waals surface area contributed by atoms with Gasteiger partial charge in [0.1, 0.15) is 5.75 Å². The monoisotopic (exact) mass is 444 g/mol. The number of non-ortho nitro benzene ring substituents is 1. The van der Waals surface area contributed by atoms with Gasteiger partial charge >= 0.3 is 0 Å². The number of aromatic nitrogens is 2. The van der Waals surface area contributed by atoms with Crippen molar-refractivity contribution in [2.24, 2.45) is 0 Å². The molecule has 1 aromatic heterocycles. The van der Waals surface area contributed by atoms with E-state index in [2.05, 4.69) is 4.98 Å². The van der Waals surface area contributed by atoms with Gasteiger partial charge in [-0.1, -0.05) is 36.0 Å². The van der Waals surface area contributed by atoms with E-state index < -0.39 is 4.92 Å². The predicted molar refractivity (Wildman–Crippen MR) is 120 cm³/mol. The van der Waals surface area contributed by atoms with Crippen LogP contribution in [0.3, 0.4) is 0 Å². The SMILES string of the molecule is COc1ccccc1-n1c(SCC(=O)c2ccc(C#N)cc2)nc2cc([N+](=O)[O-])ccc21. The molecule has 0 aliphatic heterocycles. The third kappa shape index (κ3) is 4.04. The third-order valence-electron chi connectivity index (χ3n) is 4.81. The number of rotatable bonds is 7. The number of benzene rings is 3. The summed E-state index contributed by atoms with van der Waals surface area (Å²) in [5.74, 6) is 0.585. The standard InChI is InChI=1S/C23H16N4O4S/c1-31-22-5-3-2-4-20(22)26-19-11-10-17(27(29)30)12-18(19)25-23(26)32-14-21(28)16-8-6-15(13-24)7-9-16/h2-12H,14H2,1H3. The molecule has 32 heavy (non-hydrogen) atoms. The molecule has 0 unspecified atom stereocenters. The maximum atomic E-state index is 12.7. The molecule has 0 aliphatic rings. The molecule has 8 nitrogen and oxygen atoms in total. The molecule has 158 valence electrons. The predicted octanol–water partition coefficient (Wildman–Crippen LogP) is 4.79. The highest BCUT2D eigenvalue weighted by atomic mass is 32.2. The quantitative estimate of drug-likeness (QED) is 0.174. The Morgan fingerprint density at radius 3 is 2.62 bits per heavy atom. The first kappa shape index (κ1) is 21.1. The average molecular weight is 444 g/mol. The Kier molecular flexibility index (Phi) is 5.87. The zero-order chi connectivity index (χ0) is 22.7. The fraction of sp³-hybridized carbons (Fsp3) is 0.0870. The van der Waals surface area contributed by atoms with Crippen molar-refractivity contribution in [1.82, 2.24) is 9.55 Å². The van der Waals surface area contributed by atoms with Gasteiger partial charge in [0, 0.05) is 17.7 Å². The van der Waals surface area contributed by atoms with Gasteiger partial charge in [0.2, 0.25) is 0 Å². The molecule has 1 heterocycles. The maximum Gasteiger partial charge on any atom is 0.271 e. The molecule has 0 bridgehead atoms. The number of nitro groups is 1. The highest BCUT2D eigenvalue weighted by Crippen LogP contribution is 2.34. The second-order valence-electron chi connectivity index (χ2n) is 6.73. The van der Waals surface area contributed by atoms with Crippen molar-refractivity contribution in [3.8, 4) is 17.5 Å². The summed E-state index contributed by atoms with van der Waals surface area (Å²) in [5.41, 5.74) is 2.72. The van der Waals surface area contributed by atoms with E-state index in [-0.39, 0.29) is 17.2 Å². The molecular formula is C23H16N4O4S. The molecule has 0 radical (unpaired) electrons. The van der Waals surface area contributed by atoms with Gasteiger partial charge in [-0.3, -0.25) is 19.5 Å². The molecule has 0 saturated carbocycles. The number of carbonyl (C=O) groups excluding carboxylic acids is 1. The summed E-state index contributed by atoms with van der Waals surface area (Å²) >= 11 is 1.23. The molecule has 0 atom stereocenters. The van der Waals surface area contributed by atoms with Crippen molar-refractivity contribution in [3.63, 3.8) is 0 Å². The van der Waals surface area contributed by atoms with Crippen LogP contribution in [0.4, 0.5) is 5.69 Å². The second kappa shape index (κ2) is 8.91. The number of imidazole rings is 1. The fourth-order valence-electron chi connectivity index (χ4n) is 3.25. The maximum absolute atomic E-state index is 12.7. The summed E-state index contributed by atoms with van der Waals surface area (Å²) in [4.78, 5) is 28.0. The zero-order valence-corrected chi connectivity index (χ0v) is 17.7. The van der Waals surface area contributed by atoms with Gasteiger partial charge in [0.15, 0.2) is 10.9 Å². The van der Waals surface area contributed by atoms with Gasteiger partial charge in [-0.05, 0) is 30.3 Å². The Balaban J connectivity index is 1.74. The first-order valence-corrected chi connectivity index (χ1v) is 10.5. The van der Waals surface area contributed by atoms with Gasteiger partial charge in [-0.25, -0.2) is 4.98 Å². The summed E-state index contributed by atoms with van der Waals surface area (Å²) in [5, 5.41) is 20.6. The van der Waals surface area contributed by atoms with Crippen molar-refractivity contribution < 1.29 is 14.5 Å². The number of thioether (sulfide) groups is 1. The number of hydrogen-bond donors (Lipinski definition) is 0. The molecule has 3 aromatic carbocycles. The number of Topliss-reactive ketones (excluding diaryl/α,β-unsaturated/α-hetero) is 1. The van der Waals surface area contributed by atoms with Crippen molar-refractivity contribution in [1.29, 1.82) is 5.26 Å². The minimum absolute atomic E-state index is 0.0626. The van der Waals surface area contributed by atoms with Crippen LogP contribution in [0, 0.1) is 21.4 Å². The highest BCUT2D eigenvalue weighted by Gasteiger charge is 2.19. The molecule has 0 spiro atoms. The van der Waals surface area contributed by atoms with Gasteiger partial charge in [-0.2, -0.15) is 5.26 Å². The normalized spacial score (nSPS) is 10.6. The Morgan fingerprint density at radius 2 is 1.94 bits per heavy atom. The summed E-state index contributed by atoms with van der Waals surface area (Å²) in [7, 11) is 1.56. The number of nitriles is 1. The van der Waals surface area contributed by atoms with Crippen LogP contribution in [0.15, 0.2) is 71.9 Å². The molecule has 9 heteroatoms. The first-order valence-electron chi connectivity index (χ1n) is 9.48. The first-order chi connectivity index (χ1) is 15.5. The lowest BCUT2D eigenvalue weighted by Crippen LogP contribution is -2.05. The van der Waals surface area contributed by atoms with Gasteiger partial charge in [-0.15, -0.1) is 0 Å².